The summed E-state index contributed by atoms with van der Waals surface area (Å²) in [7, 11) is 0. The zero-order valence-electron chi connectivity index (χ0n) is 11.3. The molecule has 0 heterocycles. The standard InChI is InChI=1S/C15H21NO3/c1-2-13(9-17)16-15(18)10-19-14-7-6-11-4-3-5-12(11)8-14/h6-8,13,17H,2-5,9-10H2,1H3,(H,16,18)/t13-/m0/s1. The third-order valence-corrected chi connectivity index (χ3v) is 3.52. The van der Waals surface area contributed by atoms with Crippen LogP contribution in [-0.2, 0) is 17.6 Å². The fraction of sp³-hybridized carbons (Fsp3) is 0.533. The van der Waals surface area contributed by atoms with Crippen molar-refractivity contribution in [1.82, 2.24) is 5.32 Å². The summed E-state index contributed by atoms with van der Waals surface area (Å²) in [5.74, 6) is 0.550. The number of aryl methyl sites for hydroxylation is 2. The minimum Gasteiger partial charge on any atom is -0.484 e. The summed E-state index contributed by atoms with van der Waals surface area (Å²) in [6.45, 7) is 1.87. The van der Waals surface area contributed by atoms with Crippen LogP contribution < -0.4 is 10.1 Å². The van der Waals surface area contributed by atoms with E-state index in [1.54, 1.807) is 0 Å². The molecular formula is C15H21NO3. The van der Waals surface area contributed by atoms with Crippen LogP contribution in [0.5, 0.6) is 5.75 Å². The first-order valence-electron chi connectivity index (χ1n) is 6.87. The van der Waals surface area contributed by atoms with E-state index in [-0.39, 0.29) is 25.2 Å². The van der Waals surface area contributed by atoms with Crippen LogP contribution in [0.3, 0.4) is 0 Å². The Balaban J connectivity index is 1.83. The number of nitrogens with one attached hydrogen (secondary N) is 1. The van der Waals surface area contributed by atoms with Crippen molar-refractivity contribution < 1.29 is 14.6 Å². The van der Waals surface area contributed by atoms with Crippen LogP contribution in [0.25, 0.3) is 0 Å². The number of hydrogen-bond donors (Lipinski definition) is 2. The van der Waals surface area contributed by atoms with Gasteiger partial charge in [0.15, 0.2) is 6.61 Å². The van der Waals surface area contributed by atoms with E-state index in [9.17, 15) is 4.79 Å². The second-order valence-electron chi connectivity index (χ2n) is 4.93. The normalized spacial score (nSPS) is 14.8. The quantitative estimate of drug-likeness (QED) is 0.816. The molecule has 4 heteroatoms. The Morgan fingerprint density at radius 3 is 2.95 bits per heavy atom. The van der Waals surface area contributed by atoms with Gasteiger partial charge in [-0.2, -0.15) is 0 Å². The summed E-state index contributed by atoms with van der Waals surface area (Å²) in [6, 6.07) is 5.84. The first-order chi connectivity index (χ1) is 9.22. The third kappa shape index (κ3) is 3.70. The van der Waals surface area contributed by atoms with Crippen LogP contribution in [0, 0.1) is 0 Å². The van der Waals surface area contributed by atoms with E-state index in [1.165, 1.54) is 17.5 Å². The van der Waals surface area contributed by atoms with Gasteiger partial charge in [-0.1, -0.05) is 13.0 Å². The molecule has 0 aliphatic heterocycles. The molecule has 19 heavy (non-hydrogen) atoms. The van der Waals surface area contributed by atoms with Crippen molar-refractivity contribution in [3.05, 3.63) is 29.3 Å². The maximum Gasteiger partial charge on any atom is 0.258 e. The Labute approximate surface area is 113 Å². The van der Waals surface area contributed by atoms with Crippen molar-refractivity contribution in [2.75, 3.05) is 13.2 Å². The molecule has 1 aliphatic rings. The van der Waals surface area contributed by atoms with Crippen LogP contribution in [0.15, 0.2) is 18.2 Å². The van der Waals surface area contributed by atoms with E-state index < -0.39 is 0 Å². The average molecular weight is 263 g/mol. The molecule has 1 atom stereocenters. The van der Waals surface area contributed by atoms with Gasteiger partial charge in [-0.25, -0.2) is 0 Å². The fourth-order valence-corrected chi connectivity index (χ4v) is 2.33. The van der Waals surface area contributed by atoms with Crippen LogP contribution in [0.1, 0.15) is 30.9 Å². The predicted molar refractivity (Wildman–Crippen MR) is 73.3 cm³/mol. The van der Waals surface area contributed by atoms with Gasteiger partial charge in [0, 0.05) is 0 Å². The molecule has 1 aromatic rings. The highest BCUT2D eigenvalue weighted by atomic mass is 16.5. The topological polar surface area (TPSA) is 58.6 Å². The highest BCUT2D eigenvalue weighted by Gasteiger charge is 2.13. The van der Waals surface area contributed by atoms with Crippen molar-refractivity contribution >= 4 is 5.91 Å². The molecule has 104 valence electrons. The van der Waals surface area contributed by atoms with Crippen LogP contribution in [0.2, 0.25) is 0 Å². The van der Waals surface area contributed by atoms with E-state index in [0.717, 1.165) is 18.6 Å². The van der Waals surface area contributed by atoms with Gasteiger partial charge >= 0.3 is 0 Å². The number of carbonyl (C=O) groups is 1. The molecule has 2 N–H and O–H groups in total. The smallest absolute Gasteiger partial charge is 0.258 e. The number of fused-ring (bicyclic) bond motifs is 1. The Bertz CT molecular complexity index is 441. The van der Waals surface area contributed by atoms with Crippen molar-refractivity contribution in [2.45, 2.75) is 38.6 Å². The minimum absolute atomic E-state index is 0.00468. The first-order valence-corrected chi connectivity index (χ1v) is 6.87. The van der Waals surface area contributed by atoms with Crippen molar-refractivity contribution in [3.8, 4) is 5.75 Å². The van der Waals surface area contributed by atoms with Crippen molar-refractivity contribution in [3.63, 3.8) is 0 Å². The van der Waals surface area contributed by atoms with Gasteiger partial charge in [-0.05, 0) is 48.9 Å². The summed E-state index contributed by atoms with van der Waals surface area (Å²) in [5, 5.41) is 11.7. The molecule has 0 bridgehead atoms. The van der Waals surface area contributed by atoms with Gasteiger partial charge in [-0.15, -0.1) is 0 Å². The molecule has 0 fully saturated rings. The Morgan fingerprint density at radius 2 is 2.21 bits per heavy atom. The zero-order chi connectivity index (χ0) is 13.7. The van der Waals surface area contributed by atoms with Crippen molar-refractivity contribution in [2.24, 2.45) is 0 Å². The van der Waals surface area contributed by atoms with Crippen LogP contribution in [0.4, 0.5) is 0 Å². The SMILES string of the molecule is CC[C@@H](CO)NC(=O)COc1ccc2c(c1)CCC2. The lowest BCUT2D eigenvalue weighted by molar-refractivity contribution is -0.124. The van der Waals surface area contributed by atoms with E-state index in [1.807, 2.05) is 19.1 Å². The second kappa shape index (κ2) is 6.57. The van der Waals surface area contributed by atoms with Crippen LogP contribution in [-0.4, -0.2) is 30.3 Å². The number of ether oxygens (including phenoxy) is 1. The van der Waals surface area contributed by atoms with E-state index in [2.05, 4.69) is 11.4 Å². The molecular weight excluding hydrogens is 242 g/mol. The molecule has 1 aliphatic carbocycles. The third-order valence-electron chi connectivity index (χ3n) is 3.52. The summed E-state index contributed by atoms with van der Waals surface area (Å²) in [6.07, 6.45) is 4.15. The zero-order valence-corrected chi connectivity index (χ0v) is 11.3. The van der Waals surface area contributed by atoms with Crippen molar-refractivity contribution in [1.29, 1.82) is 0 Å². The number of rotatable bonds is 6. The summed E-state index contributed by atoms with van der Waals surface area (Å²) in [5.41, 5.74) is 2.72. The molecule has 0 saturated heterocycles. The Hall–Kier alpha value is -1.55. The van der Waals surface area contributed by atoms with Crippen LogP contribution >= 0.6 is 0 Å². The number of aliphatic hydroxyl groups is 1. The molecule has 2 rings (SSSR count). The fourth-order valence-electron chi connectivity index (χ4n) is 2.33. The van der Waals surface area contributed by atoms with E-state index in [4.69, 9.17) is 9.84 Å². The summed E-state index contributed by atoms with van der Waals surface area (Å²) < 4.78 is 5.49. The molecule has 0 saturated carbocycles. The molecule has 1 aromatic carbocycles. The lowest BCUT2D eigenvalue weighted by Crippen LogP contribution is -2.39. The Kier molecular flexibility index (Phi) is 4.80. The number of carbonyl (C=O) groups excluding carboxylic acids is 1. The monoisotopic (exact) mass is 263 g/mol. The highest BCUT2D eigenvalue weighted by molar-refractivity contribution is 5.77. The van der Waals surface area contributed by atoms with Gasteiger partial charge in [0.2, 0.25) is 0 Å². The maximum absolute atomic E-state index is 11.6. The molecule has 1 amide bonds. The number of benzene rings is 1. The van der Waals surface area contributed by atoms with Gasteiger partial charge in [0.1, 0.15) is 5.75 Å². The largest absolute Gasteiger partial charge is 0.484 e. The molecule has 0 spiro atoms. The second-order valence-corrected chi connectivity index (χ2v) is 4.93. The van der Waals surface area contributed by atoms with E-state index >= 15 is 0 Å². The molecule has 0 radical (unpaired) electrons. The molecule has 0 unspecified atom stereocenters. The number of amides is 1. The molecule has 4 nitrogen and oxygen atoms in total. The first kappa shape index (κ1) is 13.9. The Morgan fingerprint density at radius 1 is 1.42 bits per heavy atom. The van der Waals surface area contributed by atoms with Gasteiger partial charge in [0.25, 0.3) is 5.91 Å². The van der Waals surface area contributed by atoms with Gasteiger partial charge < -0.3 is 15.2 Å². The predicted octanol–water partition coefficient (Wildman–Crippen LogP) is 1.44. The van der Waals surface area contributed by atoms with Gasteiger partial charge in [0.05, 0.1) is 12.6 Å². The lowest BCUT2D eigenvalue weighted by atomic mass is 10.1. The lowest BCUT2D eigenvalue weighted by Gasteiger charge is -2.14. The number of aliphatic hydroxyl groups excluding tert-OH is 1. The summed E-state index contributed by atoms with van der Waals surface area (Å²) in [4.78, 5) is 11.6. The van der Waals surface area contributed by atoms with Gasteiger partial charge in [-0.3, -0.25) is 4.79 Å². The highest BCUT2D eigenvalue weighted by Crippen LogP contribution is 2.25. The minimum atomic E-state index is -0.193. The average Bonchev–Trinajstić information content (AvgIpc) is 2.89. The molecule has 0 aromatic heterocycles. The number of hydrogen-bond acceptors (Lipinski definition) is 3. The maximum atomic E-state index is 11.6. The summed E-state index contributed by atoms with van der Waals surface area (Å²) >= 11 is 0. The van der Waals surface area contributed by atoms with E-state index in [0.29, 0.717) is 6.42 Å².